The van der Waals surface area contributed by atoms with Gasteiger partial charge in [-0.3, -0.25) is 9.88 Å². The van der Waals surface area contributed by atoms with Crippen LogP contribution in [0.2, 0.25) is 0 Å². The second-order valence-corrected chi connectivity index (χ2v) is 5.99. The van der Waals surface area contributed by atoms with Crippen molar-refractivity contribution in [2.45, 2.75) is 31.3 Å². The zero-order chi connectivity index (χ0) is 14.1. The average molecular weight is 280 g/mol. The standard InChI is InChI=1S/C18H20N2O/c1-2-10-19-18(9-1)14-5-3-8-17(11-14)21-13-16-12-20(16)15-6-4-7-15/h1-3,5,8-11,15-16H,4,6-7,12-13H2. The number of aromatic nitrogens is 1. The number of pyridine rings is 1. The lowest BCUT2D eigenvalue weighted by Crippen LogP contribution is -2.29. The summed E-state index contributed by atoms with van der Waals surface area (Å²) in [5.41, 5.74) is 2.10. The Bertz CT molecular complexity index is 610. The molecule has 2 atom stereocenters. The van der Waals surface area contributed by atoms with E-state index in [0.29, 0.717) is 6.04 Å². The minimum absolute atomic E-state index is 0.633. The second-order valence-electron chi connectivity index (χ2n) is 5.99. The van der Waals surface area contributed by atoms with Gasteiger partial charge < -0.3 is 4.74 Å². The lowest BCUT2D eigenvalue weighted by molar-refractivity contribution is 0.215. The number of hydrogen-bond acceptors (Lipinski definition) is 3. The minimum atomic E-state index is 0.633. The van der Waals surface area contributed by atoms with Crippen LogP contribution < -0.4 is 4.74 Å². The van der Waals surface area contributed by atoms with Crippen molar-refractivity contribution in [3.63, 3.8) is 0 Å². The molecule has 0 amide bonds. The molecule has 2 heterocycles. The van der Waals surface area contributed by atoms with Crippen molar-refractivity contribution in [1.29, 1.82) is 0 Å². The maximum absolute atomic E-state index is 5.97. The zero-order valence-electron chi connectivity index (χ0n) is 12.1. The average Bonchev–Trinajstić information content (AvgIpc) is 3.24. The Morgan fingerprint density at radius 2 is 2.10 bits per heavy atom. The third kappa shape index (κ3) is 2.79. The lowest BCUT2D eigenvalue weighted by atomic mass is 9.93. The first-order valence-corrected chi connectivity index (χ1v) is 7.80. The summed E-state index contributed by atoms with van der Waals surface area (Å²) in [4.78, 5) is 6.96. The fraction of sp³-hybridized carbons (Fsp3) is 0.389. The Labute approximate surface area is 125 Å². The van der Waals surface area contributed by atoms with E-state index in [4.69, 9.17) is 4.74 Å². The molecule has 21 heavy (non-hydrogen) atoms. The van der Waals surface area contributed by atoms with Gasteiger partial charge in [0.05, 0.1) is 11.7 Å². The van der Waals surface area contributed by atoms with Gasteiger partial charge in [0.25, 0.3) is 0 Å². The molecule has 1 saturated heterocycles. The van der Waals surface area contributed by atoms with Crippen LogP contribution in [-0.2, 0) is 0 Å². The van der Waals surface area contributed by atoms with Gasteiger partial charge in [0, 0.05) is 24.3 Å². The molecule has 3 heteroatoms. The van der Waals surface area contributed by atoms with Gasteiger partial charge in [-0.15, -0.1) is 0 Å². The summed E-state index contributed by atoms with van der Waals surface area (Å²) in [5.74, 6) is 0.943. The van der Waals surface area contributed by atoms with Gasteiger partial charge in [-0.05, 0) is 37.1 Å². The largest absolute Gasteiger partial charge is 0.492 e. The molecule has 0 bridgehead atoms. The SMILES string of the molecule is c1ccc(-c2cccc(OCC3CN3C3CCC3)c2)nc1. The summed E-state index contributed by atoms with van der Waals surface area (Å²) in [6, 6.07) is 15.7. The molecule has 0 N–H and O–H groups in total. The van der Waals surface area contributed by atoms with Crippen LogP contribution in [0, 0.1) is 0 Å². The van der Waals surface area contributed by atoms with Crippen LogP contribution in [0.3, 0.4) is 0 Å². The highest BCUT2D eigenvalue weighted by Crippen LogP contribution is 2.34. The van der Waals surface area contributed by atoms with Gasteiger partial charge in [-0.25, -0.2) is 0 Å². The third-order valence-electron chi connectivity index (χ3n) is 4.54. The van der Waals surface area contributed by atoms with Crippen LogP contribution in [0.5, 0.6) is 5.75 Å². The molecule has 0 radical (unpaired) electrons. The van der Waals surface area contributed by atoms with Gasteiger partial charge in [0.1, 0.15) is 12.4 Å². The molecule has 108 valence electrons. The Morgan fingerprint density at radius 1 is 1.14 bits per heavy atom. The topological polar surface area (TPSA) is 25.1 Å². The number of ether oxygens (including phenoxy) is 1. The molecule has 1 saturated carbocycles. The van der Waals surface area contributed by atoms with Crippen molar-refractivity contribution in [2.24, 2.45) is 0 Å². The highest BCUT2D eigenvalue weighted by molar-refractivity contribution is 5.60. The third-order valence-corrected chi connectivity index (χ3v) is 4.54. The molecule has 2 aromatic rings. The maximum Gasteiger partial charge on any atom is 0.120 e. The quantitative estimate of drug-likeness (QED) is 0.785. The second kappa shape index (κ2) is 5.49. The first kappa shape index (κ1) is 12.8. The number of rotatable bonds is 5. The first-order chi connectivity index (χ1) is 10.4. The van der Waals surface area contributed by atoms with E-state index in [1.807, 2.05) is 36.5 Å². The number of nitrogens with zero attached hydrogens (tertiary/aromatic N) is 2. The van der Waals surface area contributed by atoms with Gasteiger partial charge >= 0.3 is 0 Å². The van der Waals surface area contributed by atoms with Crippen LogP contribution in [0.25, 0.3) is 11.3 Å². The number of hydrogen-bond donors (Lipinski definition) is 0. The first-order valence-electron chi connectivity index (χ1n) is 7.80. The smallest absolute Gasteiger partial charge is 0.120 e. The van der Waals surface area contributed by atoms with E-state index in [1.165, 1.54) is 25.8 Å². The van der Waals surface area contributed by atoms with E-state index >= 15 is 0 Å². The van der Waals surface area contributed by atoms with Crippen molar-refractivity contribution in [3.05, 3.63) is 48.7 Å². The molecule has 1 aromatic heterocycles. The molecule has 1 aromatic carbocycles. The van der Waals surface area contributed by atoms with Gasteiger partial charge in [-0.1, -0.05) is 24.6 Å². The molecule has 2 fully saturated rings. The van der Waals surface area contributed by atoms with Crippen LogP contribution >= 0.6 is 0 Å². The normalized spacial score (nSPS) is 24.4. The van der Waals surface area contributed by atoms with Crippen LogP contribution in [0.4, 0.5) is 0 Å². The Balaban J connectivity index is 1.37. The predicted molar refractivity (Wildman–Crippen MR) is 83.3 cm³/mol. The van der Waals surface area contributed by atoms with Crippen LogP contribution in [0.1, 0.15) is 19.3 Å². The molecular weight excluding hydrogens is 260 g/mol. The minimum Gasteiger partial charge on any atom is -0.492 e. The predicted octanol–water partition coefficient (Wildman–Crippen LogP) is 3.36. The summed E-state index contributed by atoms with van der Waals surface area (Å²) < 4.78 is 5.97. The molecule has 3 nitrogen and oxygen atoms in total. The summed E-state index contributed by atoms with van der Waals surface area (Å²) in [6.45, 7) is 2.02. The molecular formula is C18H20N2O. The highest BCUT2D eigenvalue weighted by Gasteiger charge is 2.42. The summed E-state index contributed by atoms with van der Waals surface area (Å²) >= 11 is 0. The Hall–Kier alpha value is -1.87. The van der Waals surface area contributed by atoms with Gasteiger partial charge in [0.15, 0.2) is 0 Å². The fourth-order valence-electron chi connectivity index (χ4n) is 2.98. The highest BCUT2D eigenvalue weighted by atomic mass is 16.5. The van der Waals surface area contributed by atoms with E-state index in [9.17, 15) is 0 Å². The molecule has 2 aliphatic rings. The Morgan fingerprint density at radius 3 is 2.86 bits per heavy atom. The monoisotopic (exact) mass is 280 g/mol. The summed E-state index contributed by atoms with van der Waals surface area (Å²) in [5, 5.41) is 0. The fourth-order valence-corrected chi connectivity index (χ4v) is 2.98. The lowest BCUT2D eigenvalue weighted by Gasteiger charge is -2.27. The zero-order valence-corrected chi connectivity index (χ0v) is 12.1. The molecule has 1 aliphatic carbocycles. The Kier molecular flexibility index (Phi) is 3.36. The van der Waals surface area contributed by atoms with Crippen LogP contribution in [-0.4, -0.2) is 35.1 Å². The van der Waals surface area contributed by atoms with Crippen molar-refractivity contribution in [2.75, 3.05) is 13.2 Å². The van der Waals surface area contributed by atoms with E-state index in [-0.39, 0.29) is 0 Å². The van der Waals surface area contributed by atoms with Crippen molar-refractivity contribution in [1.82, 2.24) is 9.88 Å². The van der Waals surface area contributed by atoms with E-state index in [0.717, 1.165) is 29.7 Å². The van der Waals surface area contributed by atoms with Gasteiger partial charge in [-0.2, -0.15) is 0 Å². The van der Waals surface area contributed by atoms with E-state index in [1.54, 1.807) is 0 Å². The van der Waals surface area contributed by atoms with Crippen LogP contribution in [0.15, 0.2) is 48.7 Å². The maximum atomic E-state index is 5.97. The number of benzene rings is 1. The van der Waals surface area contributed by atoms with Gasteiger partial charge in [0.2, 0.25) is 0 Å². The summed E-state index contributed by atoms with van der Waals surface area (Å²) in [7, 11) is 0. The molecule has 4 rings (SSSR count). The van der Waals surface area contributed by atoms with Crippen molar-refractivity contribution < 1.29 is 4.74 Å². The van der Waals surface area contributed by atoms with Crippen molar-refractivity contribution in [3.8, 4) is 17.0 Å². The molecule has 2 unspecified atom stereocenters. The van der Waals surface area contributed by atoms with Crippen molar-refractivity contribution >= 4 is 0 Å². The molecule has 1 aliphatic heterocycles. The van der Waals surface area contributed by atoms with E-state index in [2.05, 4.69) is 22.0 Å². The molecule has 0 spiro atoms. The van der Waals surface area contributed by atoms with E-state index < -0.39 is 0 Å². The summed E-state index contributed by atoms with van der Waals surface area (Å²) in [6.07, 6.45) is 5.99.